The molecule has 0 amide bonds. The summed E-state index contributed by atoms with van der Waals surface area (Å²) in [6.07, 6.45) is 6.15. The Morgan fingerprint density at radius 3 is 2.61 bits per heavy atom. The third-order valence-corrected chi connectivity index (χ3v) is 2.93. The standard InChI is InChI=1S/C12H18N4O2/c17-11(18)3-4-13-7-10-8-14-12(15-9-10)16-5-1-2-6-16/h8-9,13H,1-7H2,(H,17,18). The number of anilines is 1. The molecule has 1 aliphatic rings. The molecule has 18 heavy (non-hydrogen) atoms. The fraction of sp³-hybridized carbons (Fsp3) is 0.583. The minimum atomic E-state index is -0.789. The molecule has 0 radical (unpaired) electrons. The van der Waals surface area contributed by atoms with Gasteiger partial charge >= 0.3 is 5.97 Å². The number of nitrogens with one attached hydrogen (secondary N) is 1. The van der Waals surface area contributed by atoms with Crippen LogP contribution < -0.4 is 10.2 Å². The Bertz CT molecular complexity index is 388. The summed E-state index contributed by atoms with van der Waals surface area (Å²) in [5, 5.41) is 11.5. The molecule has 1 aromatic heterocycles. The van der Waals surface area contributed by atoms with Crippen LogP contribution in [0.2, 0.25) is 0 Å². The summed E-state index contributed by atoms with van der Waals surface area (Å²) in [7, 11) is 0. The van der Waals surface area contributed by atoms with Crippen LogP contribution in [0, 0.1) is 0 Å². The zero-order valence-corrected chi connectivity index (χ0v) is 10.3. The smallest absolute Gasteiger partial charge is 0.304 e. The molecule has 1 saturated heterocycles. The van der Waals surface area contributed by atoms with Gasteiger partial charge in [0.15, 0.2) is 0 Å². The van der Waals surface area contributed by atoms with Gasteiger partial charge < -0.3 is 15.3 Å². The van der Waals surface area contributed by atoms with E-state index in [0.29, 0.717) is 13.1 Å². The first kappa shape index (κ1) is 12.8. The highest BCUT2D eigenvalue weighted by Gasteiger charge is 2.14. The molecule has 0 aromatic carbocycles. The number of aromatic nitrogens is 2. The van der Waals surface area contributed by atoms with Crippen LogP contribution in [0.25, 0.3) is 0 Å². The Hall–Kier alpha value is -1.69. The minimum Gasteiger partial charge on any atom is -0.481 e. The molecular formula is C12H18N4O2. The van der Waals surface area contributed by atoms with Crippen LogP contribution in [-0.2, 0) is 11.3 Å². The molecule has 0 unspecified atom stereocenters. The lowest BCUT2D eigenvalue weighted by atomic mass is 10.3. The van der Waals surface area contributed by atoms with Gasteiger partial charge in [-0.2, -0.15) is 0 Å². The van der Waals surface area contributed by atoms with E-state index >= 15 is 0 Å². The van der Waals surface area contributed by atoms with Gasteiger partial charge in [-0.05, 0) is 12.8 Å². The van der Waals surface area contributed by atoms with Gasteiger partial charge in [-0.25, -0.2) is 9.97 Å². The lowest BCUT2D eigenvalue weighted by Crippen LogP contribution is -2.21. The molecule has 0 saturated carbocycles. The number of carbonyl (C=O) groups is 1. The summed E-state index contributed by atoms with van der Waals surface area (Å²) < 4.78 is 0. The molecule has 0 spiro atoms. The number of aliphatic carboxylic acids is 1. The highest BCUT2D eigenvalue weighted by Crippen LogP contribution is 2.14. The lowest BCUT2D eigenvalue weighted by molar-refractivity contribution is -0.136. The summed E-state index contributed by atoms with van der Waals surface area (Å²) in [5.74, 6) is 0.00455. The fourth-order valence-corrected chi connectivity index (χ4v) is 1.95. The molecule has 1 aromatic rings. The Morgan fingerprint density at radius 1 is 1.33 bits per heavy atom. The number of nitrogens with zero attached hydrogens (tertiary/aromatic N) is 3. The Labute approximate surface area is 106 Å². The average Bonchev–Trinajstić information content (AvgIpc) is 2.89. The molecule has 98 valence electrons. The first-order valence-corrected chi connectivity index (χ1v) is 6.24. The van der Waals surface area contributed by atoms with Crippen molar-refractivity contribution in [1.29, 1.82) is 0 Å². The third-order valence-electron chi connectivity index (χ3n) is 2.93. The van der Waals surface area contributed by atoms with E-state index in [4.69, 9.17) is 5.11 Å². The number of carboxylic acids is 1. The molecule has 6 nitrogen and oxygen atoms in total. The fourth-order valence-electron chi connectivity index (χ4n) is 1.95. The summed E-state index contributed by atoms with van der Waals surface area (Å²) in [6.45, 7) is 3.14. The van der Waals surface area contributed by atoms with Crippen molar-refractivity contribution in [2.24, 2.45) is 0 Å². The van der Waals surface area contributed by atoms with Crippen molar-refractivity contribution in [3.8, 4) is 0 Å². The Morgan fingerprint density at radius 2 is 2.00 bits per heavy atom. The molecule has 1 aliphatic heterocycles. The number of rotatable bonds is 6. The zero-order valence-electron chi connectivity index (χ0n) is 10.3. The SMILES string of the molecule is O=C(O)CCNCc1cnc(N2CCCC2)nc1. The minimum absolute atomic E-state index is 0.132. The monoisotopic (exact) mass is 250 g/mol. The maximum absolute atomic E-state index is 10.3. The summed E-state index contributed by atoms with van der Waals surface area (Å²) in [4.78, 5) is 21.2. The second-order valence-electron chi connectivity index (χ2n) is 4.41. The van der Waals surface area contributed by atoms with Crippen molar-refractivity contribution >= 4 is 11.9 Å². The van der Waals surface area contributed by atoms with Gasteiger partial charge in [-0.3, -0.25) is 4.79 Å². The molecule has 0 bridgehead atoms. The molecule has 2 N–H and O–H groups in total. The van der Waals surface area contributed by atoms with Crippen molar-refractivity contribution in [1.82, 2.24) is 15.3 Å². The van der Waals surface area contributed by atoms with Crippen molar-refractivity contribution < 1.29 is 9.90 Å². The Kier molecular flexibility index (Phi) is 4.46. The zero-order chi connectivity index (χ0) is 12.8. The van der Waals surface area contributed by atoms with Crippen molar-refractivity contribution in [2.75, 3.05) is 24.5 Å². The number of hydrogen-bond acceptors (Lipinski definition) is 5. The maximum Gasteiger partial charge on any atom is 0.304 e. The average molecular weight is 250 g/mol. The van der Waals surface area contributed by atoms with Crippen molar-refractivity contribution in [3.63, 3.8) is 0 Å². The lowest BCUT2D eigenvalue weighted by Gasteiger charge is -2.14. The molecule has 2 rings (SSSR count). The topological polar surface area (TPSA) is 78.3 Å². The predicted molar refractivity (Wildman–Crippen MR) is 67.4 cm³/mol. The summed E-state index contributed by atoms with van der Waals surface area (Å²) in [5.41, 5.74) is 0.975. The van der Waals surface area contributed by atoms with E-state index in [1.165, 1.54) is 12.8 Å². The van der Waals surface area contributed by atoms with Gasteiger partial charge in [-0.1, -0.05) is 0 Å². The number of hydrogen-bond donors (Lipinski definition) is 2. The normalized spacial score (nSPS) is 15.0. The highest BCUT2D eigenvalue weighted by molar-refractivity contribution is 5.66. The Balaban J connectivity index is 1.78. The van der Waals surface area contributed by atoms with Crippen LogP contribution in [0.5, 0.6) is 0 Å². The van der Waals surface area contributed by atoms with Gasteiger partial charge in [0.25, 0.3) is 0 Å². The quantitative estimate of drug-likeness (QED) is 0.721. The first-order valence-electron chi connectivity index (χ1n) is 6.24. The highest BCUT2D eigenvalue weighted by atomic mass is 16.4. The van der Waals surface area contributed by atoms with Crippen molar-refractivity contribution in [2.45, 2.75) is 25.8 Å². The summed E-state index contributed by atoms with van der Waals surface area (Å²) >= 11 is 0. The van der Waals surface area contributed by atoms with E-state index < -0.39 is 5.97 Å². The van der Waals surface area contributed by atoms with Crippen LogP contribution >= 0.6 is 0 Å². The predicted octanol–water partition coefficient (Wildman–Crippen LogP) is 0.641. The molecule has 1 fully saturated rings. The van der Waals surface area contributed by atoms with Crippen LogP contribution in [0.3, 0.4) is 0 Å². The molecule has 2 heterocycles. The van der Waals surface area contributed by atoms with Gasteiger partial charge in [-0.15, -0.1) is 0 Å². The van der Waals surface area contributed by atoms with Crippen LogP contribution in [0.4, 0.5) is 5.95 Å². The molecule has 0 atom stereocenters. The molecular weight excluding hydrogens is 232 g/mol. The molecule has 0 aliphatic carbocycles. The van der Waals surface area contributed by atoms with Crippen molar-refractivity contribution in [3.05, 3.63) is 18.0 Å². The first-order chi connectivity index (χ1) is 8.75. The van der Waals surface area contributed by atoms with Gasteiger partial charge in [0.05, 0.1) is 6.42 Å². The van der Waals surface area contributed by atoms with E-state index in [0.717, 1.165) is 24.6 Å². The van der Waals surface area contributed by atoms with Crippen LogP contribution in [-0.4, -0.2) is 40.7 Å². The number of carboxylic acid groups (broad SMARTS) is 1. The van der Waals surface area contributed by atoms with Gasteiger partial charge in [0.1, 0.15) is 0 Å². The van der Waals surface area contributed by atoms with Crippen LogP contribution in [0.1, 0.15) is 24.8 Å². The second-order valence-corrected chi connectivity index (χ2v) is 4.41. The van der Waals surface area contributed by atoms with E-state index in [2.05, 4.69) is 20.2 Å². The van der Waals surface area contributed by atoms with E-state index in [1.807, 2.05) is 0 Å². The van der Waals surface area contributed by atoms with Crippen LogP contribution in [0.15, 0.2) is 12.4 Å². The van der Waals surface area contributed by atoms with Gasteiger partial charge in [0, 0.05) is 44.1 Å². The van der Waals surface area contributed by atoms with E-state index in [-0.39, 0.29) is 6.42 Å². The van der Waals surface area contributed by atoms with E-state index in [9.17, 15) is 4.79 Å². The third kappa shape index (κ3) is 3.66. The maximum atomic E-state index is 10.3. The molecule has 6 heteroatoms. The summed E-state index contributed by atoms with van der Waals surface area (Å²) in [6, 6.07) is 0. The van der Waals surface area contributed by atoms with E-state index in [1.54, 1.807) is 12.4 Å². The largest absolute Gasteiger partial charge is 0.481 e. The van der Waals surface area contributed by atoms with Gasteiger partial charge in [0.2, 0.25) is 5.95 Å². The second kappa shape index (κ2) is 6.30.